The molecule has 0 radical (unpaired) electrons. The Balaban J connectivity index is 1.71. The molecule has 0 aromatic carbocycles. The summed E-state index contributed by atoms with van der Waals surface area (Å²) in [7, 11) is 0. The third-order valence-electron chi connectivity index (χ3n) is 4.61. The maximum Gasteiger partial charge on any atom is 0.303 e. The van der Waals surface area contributed by atoms with E-state index in [2.05, 4.69) is 6.07 Å². The van der Waals surface area contributed by atoms with Crippen LogP contribution in [0.3, 0.4) is 0 Å². The van der Waals surface area contributed by atoms with Crippen molar-refractivity contribution in [3.05, 3.63) is 12.2 Å². The van der Waals surface area contributed by atoms with Crippen molar-refractivity contribution >= 4 is 5.97 Å². The highest BCUT2D eigenvalue weighted by Crippen LogP contribution is 2.47. The highest BCUT2D eigenvalue weighted by molar-refractivity contribution is 5.66. The van der Waals surface area contributed by atoms with Crippen LogP contribution in [0, 0.1) is 17.2 Å². The summed E-state index contributed by atoms with van der Waals surface area (Å²) < 4.78 is 17.6. The van der Waals surface area contributed by atoms with Gasteiger partial charge in [0, 0.05) is 19.3 Å². The molecule has 114 valence electrons. The summed E-state index contributed by atoms with van der Waals surface area (Å²) in [6.45, 7) is 3.34. The van der Waals surface area contributed by atoms with Gasteiger partial charge in [-0.05, 0) is 32.3 Å². The number of carbonyl (C=O) groups is 1. The Morgan fingerprint density at radius 2 is 2.38 bits per heavy atom. The molecule has 6 atom stereocenters. The van der Waals surface area contributed by atoms with Gasteiger partial charge in [-0.3, -0.25) is 4.79 Å². The topological polar surface area (TPSA) is 68.5 Å². The molecule has 2 aliphatic heterocycles. The number of rotatable bonds is 3. The predicted octanol–water partition coefficient (Wildman–Crippen LogP) is 2.11. The number of fused-ring (bicyclic) bond motifs is 1. The molecule has 2 fully saturated rings. The van der Waals surface area contributed by atoms with Crippen molar-refractivity contribution in [2.45, 2.75) is 69.5 Å². The smallest absolute Gasteiger partial charge is 0.303 e. The van der Waals surface area contributed by atoms with E-state index >= 15 is 0 Å². The zero-order chi connectivity index (χ0) is 15.0. The van der Waals surface area contributed by atoms with Crippen LogP contribution >= 0.6 is 0 Å². The Morgan fingerprint density at radius 3 is 3.10 bits per heavy atom. The van der Waals surface area contributed by atoms with Gasteiger partial charge in [-0.1, -0.05) is 6.08 Å². The quantitative estimate of drug-likeness (QED) is 0.588. The average molecular weight is 291 g/mol. The summed E-state index contributed by atoms with van der Waals surface area (Å²) in [5.41, 5.74) is -0.389. The molecule has 21 heavy (non-hydrogen) atoms. The number of nitriles is 1. The first-order valence-electron chi connectivity index (χ1n) is 7.62. The first-order chi connectivity index (χ1) is 10.0. The third-order valence-corrected chi connectivity index (χ3v) is 4.61. The predicted molar refractivity (Wildman–Crippen MR) is 74.2 cm³/mol. The fourth-order valence-electron chi connectivity index (χ4n) is 3.67. The molecular formula is C16H21NO4. The van der Waals surface area contributed by atoms with Crippen LogP contribution in [0.15, 0.2) is 12.2 Å². The van der Waals surface area contributed by atoms with Crippen molar-refractivity contribution in [2.24, 2.45) is 5.92 Å². The number of carbonyl (C=O) groups excluding carboxylic acids is 1. The number of esters is 1. The number of nitrogens with zero attached hydrogens (tertiary/aromatic N) is 1. The summed E-state index contributed by atoms with van der Waals surface area (Å²) in [4.78, 5) is 11.1. The molecule has 0 aromatic rings. The van der Waals surface area contributed by atoms with Gasteiger partial charge in [-0.25, -0.2) is 0 Å². The minimum Gasteiger partial charge on any atom is -0.456 e. The normalized spacial score (nSPS) is 42.0. The molecular weight excluding hydrogens is 270 g/mol. The molecule has 4 unspecified atom stereocenters. The minimum absolute atomic E-state index is 0.00225. The molecule has 0 amide bonds. The van der Waals surface area contributed by atoms with Crippen molar-refractivity contribution < 1.29 is 19.0 Å². The maximum atomic E-state index is 11.1. The van der Waals surface area contributed by atoms with Crippen LogP contribution in [0.4, 0.5) is 0 Å². The molecule has 1 spiro atoms. The monoisotopic (exact) mass is 291 g/mol. The van der Waals surface area contributed by atoms with Crippen LogP contribution in [0.2, 0.25) is 0 Å². The zero-order valence-corrected chi connectivity index (χ0v) is 12.5. The minimum atomic E-state index is -0.389. The van der Waals surface area contributed by atoms with Gasteiger partial charge in [-0.2, -0.15) is 5.26 Å². The van der Waals surface area contributed by atoms with E-state index in [1.807, 2.05) is 19.1 Å². The highest BCUT2D eigenvalue weighted by atomic mass is 16.6. The van der Waals surface area contributed by atoms with E-state index in [1.165, 1.54) is 6.92 Å². The van der Waals surface area contributed by atoms with Gasteiger partial charge in [0.1, 0.15) is 17.8 Å². The Hall–Kier alpha value is -1.38. The van der Waals surface area contributed by atoms with E-state index in [4.69, 9.17) is 19.5 Å². The molecule has 2 bridgehead atoms. The van der Waals surface area contributed by atoms with E-state index in [-0.39, 0.29) is 41.9 Å². The summed E-state index contributed by atoms with van der Waals surface area (Å²) >= 11 is 0. The summed E-state index contributed by atoms with van der Waals surface area (Å²) in [5.74, 6) is -0.289. The molecule has 2 heterocycles. The average Bonchev–Trinajstić information content (AvgIpc) is 2.75. The van der Waals surface area contributed by atoms with Gasteiger partial charge in [0.25, 0.3) is 0 Å². The Labute approximate surface area is 124 Å². The molecule has 0 saturated carbocycles. The summed E-state index contributed by atoms with van der Waals surface area (Å²) in [6, 6.07) is 2.27. The Bertz CT molecular complexity index is 497. The van der Waals surface area contributed by atoms with E-state index in [0.29, 0.717) is 0 Å². The lowest BCUT2D eigenvalue weighted by atomic mass is 9.81. The molecule has 3 aliphatic rings. The Kier molecular flexibility index (Phi) is 3.76. The van der Waals surface area contributed by atoms with Crippen LogP contribution in [-0.4, -0.2) is 36.0 Å². The van der Waals surface area contributed by atoms with Gasteiger partial charge in [-0.15, -0.1) is 0 Å². The van der Waals surface area contributed by atoms with Crippen molar-refractivity contribution in [2.75, 3.05) is 0 Å². The van der Waals surface area contributed by atoms with Crippen LogP contribution in [0.25, 0.3) is 0 Å². The number of ether oxygens (including phenoxy) is 3. The largest absolute Gasteiger partial charge is 0.456 e. The lowest BCUT2D eigenvalue weighted by molar-refractivity contribution is -0.152. The second-order valence-electron chi connectivity index (χ2n) is 6.34. The van der Waals surface area contributed by atoms with Crippen LogP contribution < -0.4 is 0 Å². The second kappa shape index (κ2) is 5.43. The van der Waals surface area contributed by atoms with Gasteiger partial charge in [0.2, 0.25) is 0 Å². The number of hydrogen-bond donors (Lipinski definition) is 0. The van der Waals surface area contributed by atoms with E-state index < -0.39 is 0 Å². The van der Waals surface area contributed by atoms with Crippen LogP contribution in [0.5, 0.6) is 0 Å². The lowest BCUT2D eigenvalue weighted by Crippen LogP contribution is -2.48. The molecule has 2 saturated heterocycles. The van der Waals surface area contributed by atoms with Crippen LogP contribution in [-0.2, 0) is 19.0 Å². The summed E-state index contributed by atoms with van der Waals surface area (Å²) in [6.07, 6.45) is 6.95. The van der Waals surface area contributed by atoms with E-state index in [9.17, 15) is 4.79 Å². The molecule has 5 nitrogen and oxygen atoms in total. The SMILES string of the molecule is CC(=O)O[C@@H]1C=CC23CC1OC2CCC(C[C@@H](C)C#N)O3. The van der Waals surface area contributed by atoms with Crippen LogP contribution in [0.1, 0.15) is 39.5 Å². The zero-order valence-electron chi connectivity index (χ0n) is 12.5. The molecule has 5 heteroatoms. The maximum absolute atomic E-state index is 11.1. The Morgan fingerprint density at radius 1 is 1.57 bits per heavy atom. The molecule has 0 N–H and O–H groups in total. The van der Waals surface area contributed by atoms with Crippen molar-refractivity contribution in [3.63, 3.8) is 0 Å². The number of hydrogen-bond acceptors (Lipinski definition) is 5. The van der Waals surface area contributed by atoms with Gasteiger partial charge >= 0.3 is 5.97 Å². The van der Waals surface area contributed by atoms with Crippen molar-refractivity contribution in [3.8, 4) is 6.07 Å². The van der Waals surface area contributed by atoms with Gasteiger partial charge in [0.05, 0.1) is 18.3 Å². The fourth-order valence-corrected chi connectivity index (χ4v) is 3.67. The van der Waals surface area contributed by atoms with Crippen molar-refractivity contribution in [1.29, 1.82) is 5.26 Å². The molecule has 1 aliphatic carbocycles. The van der Waals surface area contributed by atoms with Crippen molar-refractivity contribution in [1.82, 2.24) is 0 Å². The third kappa shape index (κ3) is 2.70. The first kappa shape index (κ1) is 14.6. The van der Waals surface area contributed by atoms with E-state index in [1.54, 1.807) is 0 Å². The van der Waals surface area contributed by atoms with Gasteiger partial charge < -0.3 is 14.2 Å². The first-order valence-corrected chi connectivity index (χ1v) is 7.62. The summed E-state index contributed by atoms with van der Waals surface area (Å²) in [5, 5.41) is 8.95. The molecule has 0 aromatic heterocycles. The standard InChI is InChI=1S/C16H21NO4/c1-10(9-17)7-12-3-4-15-16(21-12)6-5-13(19-11(2)18)14(8-16)20-15/h5-6,10,12-15H,3-4,7-8H2,1-2H3/t10-,12?,13-,14?,15?,16?/m1/s1. The lowest BCUT2D eigenvalue weighted by Gasteiger charge is -2.41. The fraction of sp³-hybridized carbons (Fsp3) is 0.750. The highest BCUT2D eigenvalue weighted by Gasteiger charge is 2.55. The molecule has 3 rings (SSSR count). The second-order valence-corrected chi connectivity index (χ2v) is 6.34. The van der Waals surface area contributed by atoms with Gasteiger partial charge in [0.15, 0.2) is 0 Å². The van der Waals surface area contributed by atoms with E-state index in [0.717, 1.165) is 25.7 Å².